The fourth-order valence-electron chi connectivity index (χ4n) is 1.40. The molecular formula is C10H14NO5P. The van der Waals surface area contributed by atoms with E-state index in [1.54, 1.807) is 30.3 Å². The number of hydrogen-bond acceptors (Lipinski definition) is 3. The molecule has 1 atom stereocenters. The zero-order chi connectivity index (χ0) is 12.9. The van der Waals surface area contributed by atoms with Crippen molar-refractivity contribution in [1.29, 1.82) is 0 Å². The van der Waals surface area contributed by atoms with Crippen LogP contribution in [0.5, 0.6) is 0 Å². The van der Waals surface area contributed by atoms with Gasteiger partial charge in [0.15, 0.2) is 0 Å². The van der Waals surface area contributed by atoms with Gasteiger partial charge in [0.05, 0.1) is 12.7 Å². The van der Waals surface area contributed by atoms with Crippen LogP contribution in [-0.4, -0.2) is 27.1 Å². The van der Waals surface area contributed by atoms with E-state index in [0.29, 0.717) is 5.56 Å². The summed E-state index contributed by atoms with van der Waals surface area (Å²) in [7, 11) is -4.19. The van der Waals surface area contributed by atoms with E-state index in [4.69, 9.17) is 14.9 Å². The van der Waals surface area contributed by atoms with Crippen LogP contribution in [0.2, 0.25) is 0 Å². The first-order chi connectivity index (χ1) is 7.88. The third kappa shape index (κ3) is 5.60. The number of benzene rings is 1. The van der Waals surface area contributed by atoms with Crippen molar-refractivity contribution in [2.45, 2.75) is 12.5 Å². The summed E-state index contributed by atoms with van der Waals surface area (Å²) in [4.78, 5) is 28.2. The Hall–Kier alpha value is -1.20. The summed E-state index contributed by atoms with van der Waals surface area (Å²) < 4.78 is 10.7. The predicted octanol–water partition coefficient (Wildman–Crippen LogP) is 0.927. The van der Waals surface area contributed by atoms with Gasteiger partial charge in [-0.05, 0) is 5.56 Å². The fraction of sp³-hybridized carbons (Fsp3) is 0.300. The van der Waals surface area contributed by atoms with E-state index >= 15 is 0 Å². The van der Waals surface area contributed by atoms with Crippen molar-refractivity contribution in [2.75, 3.05) is 6.29 Å². The van der Waals surface area contributed by atoms with E-state index in [1.165, 1.54) is 0 Å². The topological polar surface area (TPSA) is 107 Å². The Kier molecular flexibility index (Phi) is 4.84. The summed E-state index contributed by atoms with van der Waals surface area (Å²) in [6, 6.07) is 8.07. The molecule has 94 valence electrons. The van der Waals surface area contributed by atoms with Gasteiger partial charge in [0.2, 0.25) is 0 Å². The maximum Gasteiger partial charge on any atom is 0.339 e. The normalized spacial score (nSPS) is 13.3. The quantitative estimate of drug-likeness (QED) is 0.566. The predicted molar refractivity (Wildman–Crippen MR) is 61.5 cm³/mol. The van der Waals surface area contributed by atoms with E-state index in [0.717, 1.165) is 0 Å². The van der Waals surface area contributed by atoms with Gasteiger partial charge in [-0.1, -0.05) is 30.3 Å². The summed E-state index contributed by atoms with van der Waals surface area (Å²) in [5.74, 6) is -1.03. The first kappa shape index (κ1) is 13.9. The maximum absolute atomic E-state index is 10.7. The van der Waals surface area contributed by atoms with Crippen molar-refractivity contribution in [2.24, 2.45) is 0 Å². The highest BCUT2D eigenvalue weighted by molar-refractivity contribution is 7.51. The third-order valence-electron chi connectivity index (χ3n) is 2.12. The zero-order valence-corrected chi connectivity index (χ0v) is 9.88. The largest absolute Gasteiger partial charge is 0.481 e. The molecule has 4 N–H and O–H groups in total. The number of carbonyl (C=O) groups is 1. The lowest BCUT2D eigenvalue weighted by atomic mass is 10.0. The molecule has 0 saturated carbocycles. The standard InChI is InChI=1S/C10H14NO5P/c12-10(13)6-9(11-7-17(14,15)16)8-4-2-1-3-5-8/h1-5,9,11H,6-7H2,(H,12,13)(H2,14,15,16). The van der Waals surface area contributed by atoms with Gasteiger partial charge in [0.1, 0.15) is 0 Å². The van der Waals surface area contributed by atoms with Crippen LogP contribution in [0.4, 0.5) is 0 Å². The van der Waals surface area contributed by atoms with Gasteiger partial charge in [0.25, 0.3) is 0 Å². The van der Waals surface area contributed by atoms with Crippen LogP contribution < -0.4 is 5.32 Å². The number of carboxylic acids is 1. The molecule has 0 amide bonds. The fourth-order valence-corrected chi connectivity index (χ4v) is 1.86. The van der Waals surface area contributed by atoms with E-state index in [1.807, 2.05) is 0 Å². The number of hydrogen-bond donors (Lipinski definition) is 4. The van der Waals surface area contributed by atoms with Gasteiger partial charge in [-0.3, -0.25) is 14.7 Å². The molecule has 0 aliphatic rings. The summed E-state index contributed by atoms with van der Waals surface area (Å²) in [6.07, 6.45) is -0.774. The monoisotopic (exact) mass is 259 g/mol. The average molecular weight is 259 g/mol. The van der Waals surface area contributed by atoms with Gasteiger partial charge in [-0.25, -0.2) is 0 Å². The van der Waals surface area contributed by atoms with Gasteiger partial charge in [-0.2, -0.15) is 0 Å². The number of nitrogens with one attached hydrogen (secondary N) is 1. The van der Waals surface area contributed by atoms with Gasteiger partial charge >= 0.3 is 13.6 Å². The number of rotatable bonds is 6. The molecular weight excluding hydrogens is 245 g/mol. The summed E-state index contributed by atoms with van der Waals surface area (Å²) >= 11 is 0. The smallest absolute Gasteiger partial charge is 0.339 e. The van der Waals surface area contributed by atoms with Crippen LogP contribution in [0.15, 0.2) is 30.3 Å². The molecule has 6 nitrogen and oxygen atoms in total. The average Bonchev–Trinajstić information content (AvgIpc) is 2.24. The summed E-state index contributed by atoms with van der Waals surface area (Å²) in [5, 5.41) is 11.3. The number of aliphatic carboxylic acids is 1. The molecule has 1 aromatic rings. The van der Waals surface area contributed by atoms with Crippen LogP contribution in [0.3, 0.4) is 0 Å². The van der Waals surface area contributed by atoms with Crippen molar-refractivity contribution in [3.63, 3.8) is 0 Å². The van der Waals surface area contributed by atoms with Crippen LogP contribution in [-0.2, 0) is 9.36 Å². The molecule has 0 radical (unpaired) electrons. The molecule has 0 fully saturated rings. The molecule has 0 bridgehead atoms. The summed E-state index contributed by atoms with van der Waals surface area (Å²) in [5.41, 5.74) is 0.684. The zero-order valence-electron chi connectivity index (χ0n) is 8.98. The Morgan fingerprint density at radius 2 is 1.88 bits per heavy atom. The first-order valence-corrected chi connectivity index (χ1v) is 6.73. The van der Waals surface area contributed by atoms with Crippen molar-refractivity contribution in [3.8, 4) is 0 Å². The van der Waals surface area contributed by atoms with Crippen molar-refractivity contribution in [1.82, 2.24) is 5.32 Å². The van der Waals surface area contributed by atoms with E-state index < -0.39 is 25.9 Å². The Morgan fingerprint density at radius 1 is 1.29 bits per heavy atom. The van der Waals surface area contributed by atoms with Crippen LogP contribution in [0, 0.1) is 0 Å². The Balaban J connectivity index is 2.74. The Bertz CT molecular complexity index is 416. The van der Waals surface area contributed by atoms with Crippen molar-refractivity contribution < 1.29 is 24.3 Å². The highest BCUT2D eigenvalue weighted by atomic mass is 31.2. The Labute approximate surface area is 98.4 Å². The molecule has 0 aliphatic heterocycles. The molecule has 0 spiro atoms. The second kappa shape index (κ2) is 5.93. The SMILES string of the molecule is O=C(O)CC(NCP(=O)(O)O)c1ccccc1. The molecule has 17 heavy (non-hydrogen) atoms. The van der Waals surface area contributed by atoms with E-state index in [-0.39, 0.29) is 6.42 Å². The Morgan fingerprint density at radius 3 is 2.35 bits per heavy atom. The van der Waals surface area contributed by atoms with Crippen LogP contribution in [0.25, 0.3) is 0 Å². The lowest BCUT2D eigenvalue weighted by Crippen LogP contribution is -2.24. The van der Waals surface area contributed by atoms with E-state index in [2.05, 4.69) is 5.32 Å². The minimum absolute atomic E-state index is 0.232. The molecule has 1 unspecified atom stereocenters. The van der Waals surface area contributed by atoms with Crippen LogP contribution >= 0.6 is 7.60 Å². The molecule has 1 rings (SSSR count). The molecule has 0 saturated heterocycles. The lowest BCUT2D eigenvalue weighted by molar-refractivity contribution is -0.137. The number of carboxylic acid groups (broad SMARTS) is 1. The molecule has 0 aromatic heterocycles. The summed E-state index contributed by atoms with van der Waals surface area (Å²) in [6.45, 7) is 0. The minimum atomic E-state index is -4.19. The van der Waals surface area contributed by atoms with Gasteiger partial charge < -0.3 is 14.9 Å². The highest BCUT2D eigenvalue weighted by Crippen LogP contribution is 2.33. The second-order valence-electron chi connectivity index (χ2n) is 3.59. The third-order valence-corrected chi connectivity index (χ3v) is 2.72. The molecule has 7 heteroatoms. The van der Waals surface area contributed by atoms with Crippen molar-refractivity contribution in [3.05, 3.63) is 35.9 Å². The minimum Gasteiger partial charge on any atom is -0.481 e. The van der Waals surface area contributed by atoms with Crippen LogP contribution in [0.1, 0.15) is 18.0 Å². The lowest BCUT2D eigenvalue weighted by Gasteiger charge is -2.17. The van der Waals surface area contributed by atoms with Gasteiger partial charge in [-0.15, -0.1) is 0 Å². The highest BCUT2D eigenvalue weighted by Gasteiger charge is 2.19. The maximum atomic E-state index is 10.7. The van der Waals surface area contributed by atoms with E-state index in [9.17, 15) is 9.36 Å². The second-order valence-corrected chi connectivity index (χ2v) is 5.23. The van der Waals surface area contributed by atoms with Crippen molar-refractivity contribution >= 4 is 13.6 Å². The van der Waals surface area contributed by atoms with Gasteiger partial charge in [0, 0.05) is 6.04 Å². The molecule has 0 aliphatic carbocycles. The molecule has 1 aromatic carbocycles. The first-order valence-electron chi connectivity index (χ1n) is 4.93. The molecule has 0 heterocycles.